The molecule has 0 bridgehead atoms. The molecule has 0 radical (unpaired) electrons. The van der Waals surface area contributed by atoms with Crippen molar-refractivity contribution in [2.24, 2.45) is 5.73 Å². The zero-order valence-corrected chi connectivity index (χ0v) is 10.9. The van der Waals surface area contributed by atoms with Crippen molar-refractivity contribution < 1.29 is 9.26 Å². The maximum atomic E-state index is 5.91. The molecule has 5 heteroatoms. The van der Waals surface area contributed by atoms with E-state index in [2.05, 4.69) is 16.2 Å². The fraction of sp³-hybridized carbons (Fsp3) is 0.429. The van der Waals surface area contributed by atoms with Crippen LogP contribution in [0.25, 0.3) is 0 Å². The van der Waals surface area contributed by atoms with Crippen molar-refractivity contribution in [2.75, 3.05) is 6.61 Å². The van der Waals surface area contributed by atoms with Crippen molar-refractivity contribution >= 4 is 0 Å². The van der Waals surface area contributed by atoms with Crippen molar-refractivity contribution in [3.63, 3.8) is 0 Å². The van der Waals surface area contributed by atoms with Crippen LogP contribution in [0.4, 0.5) is 0 Å². The van der Waals surface area contributed by atoms with Crippen molar-refractivity contribution in [2.45, 2.75) is 31.7 Å². The van der Waals surface area contributed by atoms with Gasteiger partial charge >= 0.3 is 0 Å². The Kier molecular flexibility index (Phi) is 3.21. The number of para-hydroxylation sites is 1. The van der Waals surface area contributed by atoms with Gasteiger partial charge < -0.3 is 15.0 Å². The summed E-state index contributed by atoms with van der Waals surface area (Å²) >= 11 is 0. The number of hydrogen-bond acceptors (Lipinski definition) is 5. The van der Waals surface area contributed by atoms with E-state index in [-0.39, 0.29) is 12.0 Å². The standard InChI is InChI=1S/C14H17N3O2/c1-2-11(15)14-16-13(17-19-14)10-7-8-18-12-6-4-3-5-9(10)12/h3-6,10-11H,2,7-8,15H2,1H3/t10?,11-/m1/s1. The molecule has 1 aliphatic heterocycles. The van der Waals surface area contributed by atoms with Crippen molar-refractivity contribution in [3.05, 3.63) is 41.5 Å². The summed E-state index contributed by atoms with van der Waals surface area (Å²) < 4.78 is 10.9. The lowest BCUT2D eigenvalue weighted by atomic mass is 9.92. The molecule has 0 saturated carbocycles. The Labute approximate surface area is 111 Å². The summed E-state index contributed by atoms with van der Waals surface area (Å²) in [6.07, 6.45) is 1.64. The SMILES string of the molecule is CC[C@@H](N)c1nc(C2CCOc3ccccc32)no1. The van der Waals surface area contributed by atoms with Gasteiger partial charge in [-0.3, -0.25) is 0 Å². The average Bonchev–Trinajstić information content (AvgIpc) is 2.95. The first-order valence-electron chi connectivity index (χ1n) is 6.60. The van der Waals surface area contributed by atoms with Crippen LogP contribution in [0.2, 0.25) is 0 Å². The van der Waals surface area contributed by atoms with Gasteiger partial charge in [0, 0.05) is 5.56 Å². The molecule has 1 unspecified atom stereocenters. The van der Waals surface area contributed by atoms with Crippen LogP contribution in [0.1, 0.15) is 49.0 Å². The van der Waals surface area contributed by atoms with Gasteiger partial charge in [-0.1, -0.05) is 30.3 Å². The maximum absolute atomic E-state index is 5.91. The number of hydrogen-bond donors (Lipinski definition) is 1. The summed E-state index contributed by atoms with van der Waals surface area (Å²) in [6.45, 7) is 2.67. The second-order valence-corrected chi connectivity index (χ2v) is 4.73. The average molecular weight is 259 g/mol. The molecule has 0 amide bonds. The van der Waals surface area contributed by atoms with Gasteiger partial charge in [0.15, 0.2) is 5.82 Å². The fourth-order valence-corrected chi connectivity index (χ4v) is 2.32. The Morgan fingerprint density at radius 2 is 2.26 bits per heavy atom. The zero-order chi connectivity index (χ0) is 13.2. The molecular weight excluding hydrogens is 242 g/mol. The minimum atomic E-state index is -0.184. The van der Waals surface area contributed by atoms with E-state index in [4.69, 9.17) is 15.0 Å². The monoisotopic (exact) mass is 259 g/mol. The van der Waals surface area contributed by atoms with Crippen LogP contribution in [0, 0.1) is 0 Å². The molecule has 2 N–H and O–H groups in total. The Morgan fingerprint density at radius 1 is 1.42 bits per heavy atom. The summed E-state index contributed by atoms with van der Waals surface area (Å²) in [7, 11) is 0. The predicted octanol–water partition coefficient (Wildman–Crippen LogP) is 2.39. The Balaban J connectivity index is 1.93. The number of benzene rings is 1. The highest BCUT2D eigenvalue weighted by Gasteiger charge is 2.27. The summed E-state index contributed by atoms with van der Waals surface area (Å²) in [4.78, 5) is 4.45. The molecule has 1 aromatic heterocycles. The normalized spacial score (nSPS) is 19.6. The molecular formula is C14H17N3O2. The summed E-state index contributed by atoms with van der Waals surface area (Å²) in [6, 6.07) is 7.81. The van der Waals surface area contributed by atoms with Gasteiger partial charge in [-0.05, 0) is 18.9 Å². The smallest absolute Gasteiger partial charge is 0.243 e. The van der Waals surface area contributed by atoms with E-state index in [1.54, 1.807) is 0 Å². The fourth-order valence-electron chi connectivity index (χ4n) is 2.32. The first-order chi connectivity index (χ1) is 9.29. The van der Waals surface area contributed by atoms with Crippen molar-refractivity contribution in [3.8, 4) is 5.75 Å². The molecule has 2 aromatic rings. The highest BCUT2D eigenvalue weighted by atomic mass is 16.5. The molecule has 1 aromatic carbocycles. The van der Waals surface area contributed by atoms with Crippen LogP contribution in [0.5, 0.6) is 5.75 Å². The molecule has 100 valence electrons. The van der Waals surface area contributed by atoms with E-state index in [1.165, 1.54) is 0 Å². The number of rotatable bonds is 3. The van der Waals surface area contributed by atoms with Gasteiger partial charge in [0.1, 0.15) is 5.75 Å². The molecule has 0 spiro atoms. The zero-order valence-electron chi connectivity index (χ0n) is 10.9. The molecule has 2 heterocycles. The highest BCUT2D eigenvalue weighted by Crippen LogP contribution is 2.36. The molecule has 0 aliphatic carbocycles. The van der Waals surface area contributed by atoms with E-state index in [0.717, 1.165) is 24.2 Å². The molecule has 1 aliphatic rings. The number of nitrogens with zero attached hydrogens (tertiary/aromatic N) is 2. The van der Waals surface area contributed by atoms with Crippen LogP contribution in [-0.4, -0.2) is 16.7 Å². The Hall–Kier alpha value is -1.88. The van der Waals surface area contributed by atoms with Gasteiger partial charge in [0.25, 0.3) is 0 Å². The van der Waals surface area contributed by atoms with Gasteiger partial charge in [-0.2, -0.15) is 4.98 Å². The van der Waals surface area contributed by atoms with Gasteiger partial charge in [-0.15, -0.1) is 0 Å². The predicted molar refractivity (Wildman–Crippen MR) is 69.9 cm³/mol. The lowest BCUT2D eigenvalue weighted by Crippen LogP contribution is -2.16. The lowest BCUT2D eigenvalue weighted by Gasteiger charge is -2.23. The van der Waals surface area contributed by atoms with E-state index < -0.39 is 0 Å². The summed E-state index contributed by atoms with van der Waals surface area (Å²) in [5.41, 5.74) is 7.03. The Bertz CT molecular complexity index is 567. The lowest BCUT2D eigenvalue weighted by molar-refractivity contribution is 0.271. The van der Waals surface area contributed by atoms with E-state index in [0.29, 0.717) is 18.3 Å². The number of aromatic nitrogens is 2. The molecule has 0 fully saturated rings. The second kappa shape index (κ2) is 5.01. The van der Waals surface area contributed by atoms with E-state index >= 15 is 0 Å². The molecule has 5 nitrogen and oxygen atoms in total. The van der Waals surface area contributed by atoms with Crippen molar-refractivity contribution in [1.82, 2.24) is 10.1 Å². The highest BCUT2D eigenvalue weighted by molar-refractivity contribution is 5.40. The van der Waals surface area contributed by atoms with Gasteiger partial charge in [-0.25, -0.2) is 0 Å². The van der Waals surface area contributed by atoms with Crippen LogP contribution in [0.15, 0.2) is 28.8 Å². The first-order valence-corrected chi connectivity index (χ1v) is 6.60. The second-order valence-electron chi connectivity index (χ2n) is 4.73. The number of ether oxygens (including phenoxy) is 1. The third-order valence-electron chi connectivity index (χ3n) is 3.48. The van der Waals surface area contributed by atoms with Crippen molar-refractivity contribution in [1.29, 1.82) is 0 Å². The van der Waals surface area contributed by atoms with Crippen LogP contribution in [0.3, 0.4) is 0 Å². The van der Waals surface area contributed by atoms with Gasteiger partial charge in [0.2, 0.25) is 5.89 Å². The summed E-state index contributed by atoms with van der Waals surface area (Å²) in [5, 5.41) is 4.09. The third kappa shape index (κ3) is 2.21. The number of nitrogens with two attached hydrogens (primary N) is 1. The van der Waals surface area contributed by atoms with E-state index in [1.807, 2.05) is 25.1 Å². The van der Waals surface area contributed by atoms with Crippen LogP contribution >= 0.6 is 0 Å². The minimum Gasteiger partial charge on any atom is -0.493 e. The summed E-state index contributed by atoms with van der Waals surface area (Å²) in [5.74, 6) is 2.26. The quantitative estimate of drug-likeness (QED) is 0.916. The molecule has 0 saturated heterocycles. The first kappa shape index (κ1) is 12.2. The van der Waals surface area contributed by atoms with Crippen LogP contribution in [-0.2, 0) is 0 Å². The van der Waals surface area contributed by atoms with Gasteiger partial charge in [0.05, 0.1) is 18.6 Å². The topological polar surface area (TPSA) is 74.2 Å². The molecule has 2 atom stereocenters. The largest absolute Gasteiger partial charge is 0.493 e. The maximum Gasteiger partial charge on any atom is 0.243 e. The van der Waals surface area contributed by atoms with E-state index in [9.17, 15) is 0 Å². The number of fused-ring (bicyclic) bond motifs is 1. The van der Waals surface area contributed by atoms with Crippen LogP contribution < -0.4 is 10.5 Å². The third-order valence-corrected chi connectivity index (χ3v) is 3.48. The minimum absolute atomic E-state index is 0.131. The molecule has 19 heavy (non-hydrogen) atoms. The Morgan fingerprint density at radius 3 is 3.11 bits per heavy atom. The molecule has 3 rings (SSSR count).